The number of hydrogen-bond donors (Lipinski definition) is 3. The molecule has 0 unspecified atom stereocenters. The topological polar surface area (TPSA) is 98.3 Å². The van der Waals surface area contributed by atoms with Crippen molar-refractivity contribution in [3.63, 3.8) is 0 Å². The zero-order valence-corrected chi connectivity index (χ0v) is 18.9. The van der Waals surface area contributed by atoms with Gasteiger partial charge in [0.05, 0.1) is 11.3 Å². The van der Waals surface area contributed by atoms with Crippen molar-refractivity contribution in [2.24, 2.45) is 0 Å². The number of fused-ring (bicyclic) bond motifs is 1. The molecule has 2 aliphatic rings. The minimum absolute atomic E-state index is 0.00708. The lowest BCUT2D eigenvalue weighted by molar-refractivity contribution is -0.192. The second-order valence-electron chi connectivity index (χ2n) is 8.50. The average molecular weight is 486 g/mol. The Morgan fingerprint density at radius 3 is 2.51 bits per heavy atom. The third kappa shape index (κ3) is 6.07. The van der Waals surface area contributed by atoms with Crippen LogP contribution in [0.15, 0.2) is 48.7 Å². The zero-order valence-electron chi connectivity index (χ0n) is 18.9. The van der Waals surface area contributed by atoms with E-state index in [9.17, 15) is 18.0 Å². The van der Waals surface area contributed by atoms with Crippen molar-refractivity contribution in [1.29, 1.82) is 0 Å². The highest BCUT2D eigenvalue weighted by Crippen LogP contribution is 2.28. The van der Waals surface area contributed by atoms with E-state index < -0.39 is 12.1 Å². The number of nitrogens with zero attached hydrogens (tertiary/aromatic N) is 2. The standard InChI is InChI=1S/C23H24N4O.C2HF3O2/c28-23-19-14-22(26-20(19)7-9-25-23)18-6-8-24-21(13-18)17-5-3-4-16(12-17)15-27-10-1-2-11-27;3-2(4,5)1(6)7/h3-6,8,12-14,26H,1-2,7,9-11,15H2,(H,25,28);(H,6,7). The number of aliphatic carboxylic acids is 1. The number of carboxylic acid groups (broad SMARTS) is 1. The SMILES string of the molecule is O=C(O)C(F)(F)F.O=C1NCCc2[nH]c(-c3ccnc(-c4cccc(CN5CCCC5)c4)c3)cc21. The summed E-state index contributed by atoms with van der Waals surface area (Å²) in [4.78, 5) is 31.5. The number of H-pyrrole nitrogens is 1. The lowest BCUT2D eigenvalue weighted by Gasteiger charge is -2.15. The summed E-state index contributed by atoms with van der Waals surface area (Å²) in [6.07, 6.45) is 0.220. The maximum absolute atomic E-state index is 12.1. The van der Waals surface area contributed by atoms with Gasteiger partial charge in [-0.1, -0.05) is 18.2 Å². The Balaban J connectivity index is 0.000000364. The van der Waals surface area contributed by atoms with Gasteiger partial charge in [0.2, 0.25) is 0 Å². The van der Waals surface area contributed by atoms with Gasteiger partial charge in [0, 0.05) is 48.2 Å². The molecule has 1 aromatic carbocycles. The molecule has 0 radical (unpaired) electrons. The van der Waals surface area contributed by atoms with Crippen LogP contribution in [0.3, 0.4) is 0 Å². The van der Waals surface area contributed by atoms with Crippen LogP contribution in [0.25, 0.3) is 22.5 Å². The number of carbonyl (C=O) groups is 2. The predicted octanol–water partition coefficient (Wildman–Crippen LogP) is 4.26. The number of alkyl halides is 3. The number of aromatic nitrogens is 2. The smallest absolute Gasteiger partial charge is 0.475 e. The minimum atomic E-state index is -5.08. The first-order chi connectivity index (χ1) is 16.7. The Hall–Kier alpha value is -3.66. The van der Waals surface area contributed by atoms with E-state index >= 15 is 0 Å². The van der Waals surface area contributed by atoms with Crippen LogP contribution in [0.1, 0.15) is 34.5 Å². The second-order valence-corrected chi connectivity index (χ2v) is 8.50. The summed E-state index contributed by atoms with van der Waals surface area (Å²) in [6, 6.07) is 14.7. The number of likely N-dealkylation sites (tertiary alicyclic amines) is 1. The van der Waals surface area contributed by atoms with E-state index in [0.717, 1.165) is 46.7 Å². The van der Waals surface area contributed by atoms with Crippen LogP contribution in [0.5, 0.6) is 0 Å². The Morgan fingerprint density at radius 2 is 1.83 bits per heavy atom. The molecule has 1 fully saturated rings. The third-order valence-corrected chi connectivity index (χ3v) is 5.95. The van der Waals surface area contributed by atoms with Crippen molar-refractivity contribution < 1.29 is 27.9 Å². The van der Waals surface area contributed by atoms with Gasteiger partial charge < -0.3 is 15.4 Å². The molecule has 184 valence electrons. The van der Waals surface area contributed by atoms with Gasteiger partial charge in [0.15, 0.2) is 0 Å². The van der Waals surface area contributed by atoms with Crippen molar-refractivity contribution in [1.82, 2.24) is 20.2 Å². The molecule has 0 atom stereocenters. The summed E-state index contributed by atoms with van der Waals surface area (Å²) in [7, 11) is 0. The number of halogens is 3. The van der Waals surface area contributed by atoms with E-state index in [-0.39, 0.29) is 5.91 Å². The molecule has 4 heterocycles. The molecule has 3 N–H and O–H groups in total. The summed E-state index contributed by atoms with van der Waals surface area (Å²) in [5, 5.41) is 10.0. The molecule has 0 saturated carbocycles. The van der Waals surface area contributed by atoms with Crippen LogP contribution in [0.2, 0.25) is 0 Å². The van der Waals surface area contributed by atoms with Crippen LogP contribution < -0.4 is 5.32 Å². The van der Waals surface area contributed by atoms with E-state index in [0.29, 0.717) is 6.54 Å². The molecule has 5 rings (SSSR count). The van der Waals surface area contributed by atoms with Crippen molar-refractivity contribution in [2.45, 2.75) is 32.0 Å². The Kier molecular flexibility index (Phi) is 7.20. The van der Waals surface area contributed by atoms with E-state index in [1.54, 1.807) is 0 Å². The van der Waals surface area contributed by atoms with Gasteiger partial charge in [0.1, 0.15) is 0 Å². The number of hydrogen-bond acceptors (Lipinski definition) is 4. The van der Waals surface area contributed by atoms with Gasteiger partial charge in [-0.2, -0.15) is 13.2 Å². The maximum atomic E-state index is 12.1. The van der Waals surface area contributed by atoms with E-state index in [2.05, 4.69) is 50.5 Å². The molecule has 0 aliphatic carbocycles. The molecule has 2 aliphatic heterocycles. The highest BCUT2D eigenvalue weighted by molar-refractivity contribution is 5.97. The highest BCUT2D eigenvalue weighted by atomic mass is 19.4. The molecule has 10 heteroatoms. The Morgan fingerprint density at radius 1 is 1.09 bits per heavy atom. The summed E-state index contributed by atoms with van der Waals surface area (Å²) in [5.74, 6) is -2.75. The number of nitrogens with one attached hydrogen (secondary N) is 2. The number of rotatable bonds is 4. The number of amides is 1. The first-order valence-corrected chi connectivity index (χ1v) is 11.3. The van der Waals surface area contributed by atoms with E-state index in [1.807, 2.05) is 18.3 Å². The molecule has 1 amide bonds. The molecule has 3 aromatic rings. The van der Waals surface area contributed by atoms with Crippen LogP contribution in [0, 0.1) is 0 Å². The quantitative estimate of drug-likeness (QED) is 0.512. The van der Waals surface area contributed by atoms with E-state index in [4.69, 9.17) is 9.90 Å². The summed E-state index contributed by atoms with van der Waals surface area (Å²) >= 11 is 0. The minimum Gasteiger partial charge on any atom is -0.475 e. The largest absolute Gasteiger partial charge is 0.490 e. The van der Waals surface area contributed by atoms with Gasteiger partial charge in [-0.05, 0) is 55.8 Å². The number of aromatic amines is 1. The number of carboxylic acids is 1. The first kappa shape index (κ1) is 24.5. The monoisotopic (exact) mass is 486 g/mol. The maximum Gasteiger partial charge on any atom is 0.490 e. The van der Waals surface area contributed by atoms with Crippen molar-refractivity contribution in [2.75, 3.05) is 19.6 Å². The highest BCUT2D eigenvalue weighted by Gasteiger charge is 2.38. The molecular formula is C25H25F3N4O3. The lowest BCUT2D eigenvalue weighted by atomic mass is 10.0. The number of carbonyl (C=O) groups excluding carboxylic acids is 1. The van der Waals surface area contributed by atoms with Crippen molar-refractivity contribution >= 4 is 11.9 Å². The van der Waals surface area contributed by atoms with Gasteiger partial charge in [-0.25, -0.2) is 4.79 Å². The van der Waals surface area contributed by atoms with Gasteiger partial charge in [-0.15, -0.1) is 0 Å². The average Bonchev–Trinajstić information content (AvgIpc) is 3.50. The van der Waals surface area contributed by atoms with Crippen LogP contribution in [-0.2, 0) is 17.8 Å². The third-order valence-electron chi connectivity index (χ3n) is 5.95. The second kappa shape index (κ2) is 10.3. The zero-order chi connectivity index (χ0) is 25.0. The molecule has 1 saturated heterocycles. The summed E-state index contributed by atoms with van der Waals surface area (Å²) in [6.45, 7) is 4.09. The normalized spacial score (nSPS) is 15.7. The summed E-state index contributed by atoms with van der Waals surface area (Å²) in [5.41, 5.74) is 7.22. The Labute approximate surface area is 200 Å². The lowest BCUT2D eigenvalue weighted by Crippen LogP contribution is -2.31. The molecule has 0 bridgehead atoms. The van der Waals surface area contributed by atoms with Gasteiger partial charge in [-0.3, -0.25) is 14.7 Å². The van der Waals surface area contributed by atoms with Crippen LogP contribution in [0.4, 0.5) is 13.2 Å². The fraction of sp³-hybridized carbons (Fsp3) is 0.320. The van der Waals surface area contributed by atoms with E-state index in [1.165, 1.54) is 31.5 Å². The van der Waals surface area contributed by atoms with Crippen molar-refractivity contribution in [3.8, 4) is 22.5 Å². The van der Waals surface area contributed by atoms with Crippen LogP contribution in [-0.4, -0.2) is 57.7 Å². The molecular weight excluding hydrogens is 461 g/mol. The van der Waals surface area contributed by atoms with Crippen molar-refractivity contribution in [3.05, 3.63) is 65.5 Å². The fourth-order valence-electron chi connectivity index (χ4n) is 4.23. The number of pyridine rings is 1. The number of benzene rings is 1. The van der Waals surface area contributed by atoms with Gasteiger partial charge in [0.25, 0.3) is 5.91 Å². The van der Waals surface area contributed by atoms with Crippen LogP contribution >= 0.6 is 0 Å². The van der Waals surface area contributed by atoms with Gasteiger partial charge >= 0.3 is 12.1 Å². The predicted molar refractivity (Wildman–Crippen MR) is 124 cm³/mol. The molecule has 2 aromatic heterocycles. The Bertz CT molecular complexity index is 1220. The fourth-order valence-corrected chi connectivity index (χ4v) is 4.23. The molecule has 35 heavy (non-hydrogen) atoms. The first-order valence-electron chi connectivity index (χ1n) is 11.3. The summed E-state index contributed by atoms with van der Waals surface area (Å²) < 4.78 is 31.7. The molecule has 7 nitrogen and oxygen atoms in total. The molecule has 0 spiro atoms.